The molecule has 2 aromatic carbocycles. The van der Waals surface area contributed by atoms with Gasteiger partial charge in [-0.15, -0.1) is 0 Å². The molecular formula is C25H26N4O6. The molecule has 1 aliphatic rings. The first-order valence-electron chi connectivity index (χ1n) is 11.1. The predicted molar refractivity (Wildman–Crippen MR) is 126 cm³/mol. The van der Waals surface area contributed by atoms with E-state index in [1.807, 2.05) is 24.3 Å². The molecule has 2 amide bonds. The van der Waals surface area contributed by atoms with Gasteiger partial charge in [-0.3, -0.25) is 9.48 Å². The summed E-state index contributed by atoms with van der Waals surface area (Å²) in [6.45, 7) is 0.114. The van der Waals surface area contributed by atoms with Gasteiger partial charge in [0.05, 0.1) is 18.8 Å². The molecule has 4 rings (SSSR count). The van der Waals surface area contributed by atoms with E-state index in [1.54, 1.807) is 13.1 Å². The SMILES string of the molecule is Cn1nc(CNC(=O)OCC2c3ccccc3-c3ccccc32)cc1C(=O)NCCOCC(=O)O. The van der Waals surface area contributed by atoms with Crippen molar-refractivity contribution >= 4 is 18.0 Å². The van der Waals surface area contributed by atoms with Crippen molar-refractivity contribution in [2.24, 2.45) is 7.05 Å². The average molecular weight is 479 g/mol. The number of carboxylic acids is 1. The molecule has 0 radical (unpaired) electrons. The van der Waals surface area contributed by atoms with Crippen LogP contribution in [-0.2, 0) is 27.9 Å². The minimum absolute atomic E-state index is 0.0298. The van der Waals surface area contributed by atoms with Crippen molar-refractivity contribution in [3.05, 3.63) is 77.1 Å². The largest absolute Gasteiger partial charge is 0.480 e. The van der Waals surface area contributed by atoms with Crippen LogP contribution in [0.1, 0.15) is 33.2 Å². The first kappa shape index (κ1) is 24.0. The van der Waals surface area contributed by atoms with E-state index in [-0.39, 0.29) is 38.1 Å². The highest BCUT2D eigenvalue weighted by molar-refractivity contribution is 5.92. The van der Waals surface area contributed by atoms with E-state index in [0.29, 0.717) is 11.4 Å². The summed E-state index contributed by atoms with van der Waals surface area (Å²) in [6.07, 6.45) is -0.570. The van der Waals surface area contributed by atoms with E-state index in [1.165, 1.54) is 4.68 Å². The van der Waals surface area contributed by atoms with Crippen molar-refractivity contribution in [2.75, 3.05) is 26.4 Å². The molecule has 10 nitrogen and oxygen atoms in total. The molecule has 10 heteroatoms. The van der Waals surface area contributed by atoms with E-state index in [4.69, 9.17) is 14.6 Å². The summed E-state index contributed by atoms with van der Waals surface area (Å²) < 4.78 is 11.8. The van der Waals surface area contributed by atoms with E-state index < -0.39 is 18.7 Å². The molecule has 0 aliphatic heterocycles. The topological polar surface area (TPSA) is 132 Å². The van der Waals surface area contributed by atoms with Crippen molar-refractivity contribution in [1.82, 2.24) is 20.4 Å². The highest BCUT2D eigenvalue weighted by Gasteiger charge is 2.29. The van der Waals surface area contributed by atoms with Gasteiger partial charge in [0.1, 0.15) is 18.9 Å². The fraction of sp³-hybridized carbons (Fsp3) is 0.280. The zero-order chi connectivity index (χ0) is 24.8. The molecule has 35 heavy (non-hydrogen) atoms. The summed E-state index contributed by atoms with van der Waals surface area (Å²) in [6, 6.07) is 17.8. The quantitative estimate of drug-likeness (QED) is 0.381. The third-order valence-corrected chi connectivity index (χ3v) is 5.68. The number of nitrogens with one attached hydrogen (secondary N) is 2. The molecule has 0 spiro atoms. The maximum Gasteiger partial charge on any atom is 0.407 e. The third kappa shape index (κ3) is 5.67. The minimum Gasteiger partial charge on any atom is -0.480 e. The Morgan fingerprint density at radius 1 is 1.03 bits per heavy atom. The summed E-state index contributed by atoms with van der Waals surface area (Å²) in [5.74, 6) is -1.49. The average Bonchev–Trinajstić information content (AvgIpc) is 3.38. The maximum absolute atomic E-state index is 12.4. The number of benzene rings is 2. The third-order valence-electron chi connectivity index (χ3n) is 5.68. The summed E-state index contributed by atoms with van der Waals surface area (Å²) in [5, 5.41) is 18.1. The van der Waals surface area contributed by atoms with Gasteiger partial charge in [0.2, 0.25) is 0 Å². The van der Waals surface area contributed by atoms with E-state index in [0.717, 1.165) is 22.3 Å². The van der Waals surface area contributed by atoms with Crippen LogP contribution in [0.25, 0.3) is 11.1 Å². The van der Waals surface area contributed by atoms with E-state index in [2.05, 4.69) is 40.0 Å². The number of ether oxygens (including phenoxy) is 2. The van der Waals surface area contributed by atoms with E-state index in [9.17, 15) is 14.4 Å². The fourth-order valence-electron chi connectivity index (χ4n) is 4.12. The Kier molecular flexibility index (Phi) is 7.41. The lowest BCUT2D eigenvalue weighted by atomic mass is 9.98. The number of carboxylic acid groups (broad SMARTS) is 1. The van der Waals surface area contributed by atoms with Gasteiger partial charge in [-0.05, 0) is 28.3 Å². The van der Waals surface area contributed by atoms with Crippen molar-refractivity contribution in [1.29, 1.82) is 0 Å². The van der Waals surface area contributed by atoms with Crippen LogP contribution in [-0.4, -0.2) is 59.2 Å². The van der Waals surface area contributed by atoms with Crippen molar-refractivity contribution in [2.45, 2.75) is 12.5 Å². The molecule has 1 aliphatic carbocycles. The normalized spacial score (nSPS) is 12.0. The lowest BCUT2D eigenvalue weighted by molar-refractivity contribution is -0.142. The molecule has 0 bridgehead atoms. The van der Waals surface area contributed by atoms with Gasteiger partial charge in [0.15, 0.2) is 0 Å². The number of hydrogen-bond donors (Lipinski definition) is 3. The van der Waals surface area contributed by atoms with E-state index >= 15 is 0 Å². The van der Waals surface area contributed by atoms with Gasteiger partial charge >= 0.3 is 12.1 Å². The molecule has 0 fully saturated rings. The fourth-order valence-corrected chi connectivity index (χ4v) is 4.12. The van der Waals surface area contributed by atoms with Crippen LogP contribution < -0.4 is 10.6 Å². The number of aryl methyl sites for hydroxylation is 1. The molecule has 1 aromatic heterocycles. The Morgan fingerprint density at radius 2 is 1.69 bits per heavy atom. The first-order chi connectivity index (χ1) is 16.9. The Balaban J connectivity index is 1.27. The summed E-state index contributed by atoms with van der Waals surface area (Å²) in [4.78, 5) is 35.1. The van der Waals surface area contributed by atoms with Crippen LogP contribution in [0.3, 0.4) is 0 Å². The highest BCUT2D eigenvalue weighted by atomic mass is 16.5. The minimum atomic E-state index is -1.07. The summed E-state index contributed by atoms with van der Waals surface area (Å²) >= 11 is 0. The van der Waals surface area contributed by atoms with Crippen LogP contribution >= 0.6 is 0 Å². The zero-order valence-electron chi connectivity index (χ0n) is 19.2. The number of carbonyl (C=O) groups is 3. The number of alkyl carbamates (subject to hydrolysis) is 1. The number of nitrogens with zero attached hydrogens (tertiary/aromatic N) is 2. The second-order valence-electron chi connectivity index (χ2n) is 8.03. The van der Waals surface area contributed by atoms with Crippen LogP contribution in [0.2, 0.25) is 0 Å². The maximum atomic E-state index is 12.4. The molecular weight excluding hydrogens is 452 g/mol. The van der Waals surface area contributed by atoms with Gasteiger partial charge in [-0.1, -0.05) is 48.5 Å². The Morgan fingerprint density at radius 3 is 2.34 bits per heavy atom. The number of fused-ring (bicyclic) bond motifs is 3. The highest BCUT2D eigenvalue weighted by Crippen LogP contribution is 2.44. The van der Waals surface area contributed by atoms with Gasteiger partial charge in [-0.2, -0.15) is 5.10 Å². The number of aliphatic carboxylic acids is 1. The monoisotopic (exact) mass is 478 g/mol. The molecule has 0 unspecified atom stereocenters. The number of hydrogen-bond acceptors (Lipinski definition) is 6. The van der Waals surface area contributed by atoms with Crippen molar-refractivity contribution < 1.29 is 29.0 Å². The lowest BCUT2D eigenvalue weighted by Gasteiger charge is -2.14. The van der Waals surface area contributed by atoms with Gasteiger partial charge in [-0.25, -0.2) is 9.59 Å². The summed E-state index contributed by atoms with van der Waals surface area (Å²) in [5.41, 5.74) is 5.38. The second kappa shape index (κ2) is 10.8. The standard InChI is InChI=1S/C25H26N4O6/c1-29-22(24(32)26-10-11-34-15-23(30)31)12-16(28-29)13-27-25(33)35-14-21-19-8-4-2-6-17(19)18-7-3-5-9-20(18)21/h2-9,12,21H,10-11,13-15H2,1H3,(H,26,32)(H,27,33)(H,30,31). The first-order valence-corrected chi connectivity index (χ1v) is 11.1. The predicted octanol–water partition coefficient (Wildman–Crippen LogP) is 2.29. The Hall–Kier alpha value is -4.18. The zero-order valence-corrected chi connectivity index (χ0v) is 19.2. The second-order valence-corrected chi connectivity index (χ2v) is 8.03. The van der Waals surface area contributed by atoms with Gasteiger partial charge in [0.25, 0.3) is 5.91 Å². The van der Waals surface area contributed by atoms with Gasteiger partial charge in [0, 0.05) is 19.5 Å². The number of rotatable bonds is 10. The number of aromatic nitrogens is 2. The summed E-state index contributed by atoms with van der Waals surface area (Å²) in [7, 11) is 1.62. The smallest absolute Gasteiger partial charge is 0.407 e. The molecule has 0 saturated heterocycles. The van der Waals surface area contributed by atoms with Crippen LogP contribution in [0.15, 0.2) is 54.6 Å². The number of carbonyl (C=O) groups excluding carboxylic acids is 2. The molecule has 1 heterocycles. The van der Waals surface area contributed by atoms with Crippen LogP contribution in [0.5, 0.6) is 0 Å². The molecule has 3 N–H and O–H groups in total. The number of amides is 2. The Labute approximate surface area is 201 Å². The lowest BCUT2D eigenvalue weighted by Crippen LogP contribution is -2.29. The van der Waals surface area contributed by atoms with Crippen LogP contribution in [0, 0.1) is 0 Å². The molecule has 182 valence electrons. The molecule has 0 atom stereocenters. The molecule has 0 saturated carbocycles. The Bertz CT molecular complexity index is 1190. The molecule has 3 aromatic rings. The van der Waals surface area contributed by atoms with Crippen molar-refractivity contribution in [3.63, 3.8) is 0 Å². The van der Waals surface area contributed by atoms with Gasteiger partial charge < -0.3 is 25.2 Å². The van der Waals surface area contributed by atoms with Crippen LogP contribution in [0.4, 0.5) is 4.79 Å². The van der Waals surface area contributed by atoms with Crippen molar-refractivity contribution in [3.8, 4) is 11.1 Å².